The molecule has 0 aliphatic heterocycles. The predicted octanol–water partition coefficient (Wildman–Crippen LogP) is 6.24. The molecule has 0 aromatic heterocycles. The van der Waals surface area contributed by atoms with Crippen LogP contribution < -0.4 is 5.19 Å². The molecule has 1 heteroatoms. The summed E-state index contributed by atoms with van der Waals surface area (Å²) in [5.74, 6) is 0. The molecule has 1 unspecified atom stereocenters. The summed E-state index contributed by atoms with van der Waals surface area (Å²) in [6.45, 7) is 13.9. The molecule has 0 saturated heterocycles. The lowest BCUT2D eigenvalue weighted by molar-refractivity contribution is 0.517. The van der Waals surface area contributed by atoms with Gasteiger partial charge in [0, 0.05) is 5.41 Å². The molecule has 0 fully saturated rings. The Morgan fingerprint density at radius 2 is 1.43 bits per heavy atom. The van der Waals surface area contributed by atoms with E-state index in [-0.39, 0.29) is 5.41 Å². The van der Waals surface area contributed by atoms with Crippen molar-refractivity contribution in [2.24, 2.45) is 0 Å². The number of hydrogen-bond acceptors (Lipinski definition) is 0. The van der Waals surface area contributed by atoms with Crippen LogP contribution in [0.15, 0.2) is 70.4 Å². The Labute approximate surface area is 174 Å². The zero-order valence-corrected chi connectivity index (χ0v) is 20.1. The SMILES string of the molecule is CCCCCC1(c2ccccc2)C(C)=C(C)C(C)=C1[SiH2]c1cc(C)cc(C)c1. The first-order valence-corrected chi connectivity index (χ1v) is 12.3. The van der Waals surface area contributed by atoms with Crippen LogP contribution in [0.2, 0.25) is 0 Å². The minimum Gasteiger partial charge on any atom is -0.0654 e. The van der Waals surface area contributed by atoms with Gasteiger partial charge in [0.05, 0.1) is 9.52 Å². The van der Waals surface area contributed by atoms with Gasteiger partial charge in [-0.2, -0.15) is 0 Å². The van der Waals surface area contributed by atoms with Crippen molar-refractivity contribution in [1.82, 2.24) is 0 Å². The lowest BCUT2D eigenvalue weighted by Gasteiger charge is -2.36. The molecular formula is C27H36Si. The lowest BCUT2D eigenvalue weighted by atomic mass is 9.72. The van der Waals surface area contributed by atoms with E-state index in [1.54, 1.807) is 21.5 Å². The first kappa shape index (κ1) is 20.9. The minimum atomic E-state index is -0.533. The van der Waals surface area contributed by atoms with Crippen molar-refractivity contribution in [1.29, 1.82) is 0 Å². The molecule has 1 aliphatic rings. The van der Waals surface area contributed by atoms with Gasteiger partial charge in [-0.25, -0.2) is 0 Å². The average molecular weight is 389 g/mol. The molecule has 148 valence electrons. The summed E-state index contributed by atoms with van der Waals surface area (Å²) in [5.41, 5.74) is 9.13. The zero-order chi connectivity index (χ0) is 20.3. The van der Waals surface area contributed by atoms with Gasteiger partial charge in [-0.3, -0.25) is 0 Å². The Bertz CT molecular complexity index is 881. The van der Waals surface area contributed by atoms with Crippen molar-refractivity contribution in [3.05, 3.63) is 87.1 Å². The Morgan fingerprint density at radius 1 is 0.786 bits per heavy atom. The summed E-state index contributed by atoms with van der Waals surface area (Å²) in [6.07, 6.45) is 5.14. The van der Waals surface area contributed by atoms with Gasteiger partial charge >= 0.3 is 0 Å². The summed E-state index contributed by atoms with van der Waals surface area (Å²) in [4.78, 5) is 0. The van der Waals surface area contributed by atoms with Crippen LogP contribution in [0.4, 0.5) is 0 Å². The highest BCUT2D eigenvalue weighted by molar-refractivity contribution is 6.62. The van der Waals surface area contributed by atoms with Gasteiger partial charge in [0.25, 0.3) is 0 Å². The molecule has 2 aromatic rings. The van der Waals surface area contributed by atoms with Gasteiger partial charge in [-0.15, -0.1) is 0 Å². The third-order valence-electron chi connectivity index (χ3n) is 6.82. The van der Waals surface area contributed by atoms with Crippen LogP contribution in [0, 0.1) is 13.8 Å². The van der Waals surface area contributed by atoms with E-state index in [1.807, 2.05) is 0 Å². The fourth-order valence-electron chi connectivity index (χ4n) is 5.27. The lowest BCUT2D eigenvalue weighted by Crippen LogP contribution is -2.35. The van der Waals surface area contributed by atoms with Crippen molar-refractivity contribution in [3.8, 4) is 0 Å². The number of allylic oxidation sites excluding steroid dienone is 4. The number of rotatable bonds is 7. The first-order valence-electron chi connectivity index (χ1n) is 10.9. The van der Waals surface area contributed by atoms with Crippen LogP contribution in [0.5, 0.6) is 0 Å². The first-order chi connectivity index (χ1) is 13.4. The molecule has 0 bridgehead atoms. The van der Waals surface area contributed by atoms with Gasteiger partial charge in [-0.05, 0) is 52.2 Å². The Hall–Kier alpha value is -1.86. The van der Waals surface area contributed by atoms with E-state index < -0.39 is 9.52 Å². The molecule has 1 atom stereocenters. The van der Waals surface area contributed by atoms with Gasteiger partial charge in [-0.1, -0.05) is 107 Å². The highest BCUT2D eigenvalue weighted by Crippen LogP contribution is 2.51. The maximum Gasteiger partial charge on any atom is 0.0843 e. The topological polar surface area (TPSA) is 0 Å². The van der Waals surface area contributed by atoms with Crippen molar-refractivity contribution in [2.75, 3.05) is 0 Å². The third-order valence-corrected chi connectivity index (χ3v) is 9.12. The second kappa shape index (κ2) is 8.65. The normalized spacial score (nSPS) is 20.1. The molecule has 0 heterocycles. The van der Waals surface area contributed by atoms with Crippen LogP contribution >= 0.6 is 0 Å². The summed E-state index contributed by atoms with van der Waals surface area (Å²) in [5, 5.41) is 3.35. The second-order valence-electron chi connectivity index (χ2n) is 8.75. The van der Waals surface area contributed by atoms with E-state index in [1.165, 1.54) is 47.9 Å². The van der Waals surface area contributed by atoms with E-state index in [2.05, 4.69) is 90.1 Å². The van der Waals surface area contributed by atoms with Gasteiger partial charge in [0.1, 0.15) is 0 Å². The largest absolute Gasteiger partial charge is 0.0843 e. The van der Waals surface area contributed by atoms with Crippen LogP contribution in [-0.2, 0) is 5.41 Å². The third kappa shape index (κ3) is 3.82. The van der Waals surface area contributed by atoms with Gasteiger partial charge in [0.15, 0.2) is 0 Å². The quantitative estimate of drug-likeness (QED) is 0.389. The Morgan fingerprint density at radius 3 is 2.04 bits per heavy atom. The van der Waals surface area contributed by atoms with Crippen LogP contribution in [0.3, 0.4) is 0 Å². The maximum absolute atomic E-state index is 2.43. The Balaban J connectivity index is 2.13. The summed E-state index contributed by atoms with van der Waals surface area (Å²) < 4.78 is 0. The number of aryl methyl sites for hydroxylation is 2. The van der Waals surface area contributed by atoms with E-state index in [9.17, 15) is 0 Å². The molecule has 28 heavy (non-hydrogen) atoms. The van der Waals surface area contributed by atoms with Crippen LogP contribution in [0.1, 0.15) is 70.1 Å². The van der Waals surface area contributed by atoms with Crippen molar-refractivity contribution < 1.29 is 0 Å². The van der Waals surface area contributed by atoms with Crippen LogP contribution in [0.25, 0.3) is 0 Å². The summed E-state index contributed by atoms with van der Waals surface area (Å²) in [6, 6.07) is 18.5. The molecule has 1 aliphatic carbocycles. The zero-order valence-electron chi connectivity index (χ0n) is 18.7. The second-order valence-corrected chi connectivity index (χ2v) is 10.6. The number of hydrogen-bond donors (Lipinski definition) is 0. The smallest absolute Gasteiger partial charge is 0.0654 e. The molecule has 0 radical (unpaired) electrons. The molecule has 2 aromatic carbocycles. The number of benzene rings is 2. The maximum atomic E-state index is 2.43. The van der Waals surface area contributed by atoms with Gasteiger partial charge < -0.3 is 0 Å². The van der Waals surface area contributed by atoms with Gasteiger partial charge in [0.2, 0.25) is 0 Å². The van der Waals surface area contributed by atoms with Crippen molar-refractivity contribution >= 4 is 14.7 Å². The number of unbranched alkanes of at least 4 members (excludes halogenated alkanes) is 2. The molecule has 0 saturated carbocycles. The van der Waals surface area contributed by atoms with E-state index >= 15 is 0 Å². The Kier molecular flexibility index (Phi) is 6.45. The highest BCUT2D eigenvalue weighted by atomic mass is 28.2. The molecule has 0 spiro atoms. The molecule has 0 N–H and O–H groups in total. The molecular weight excluding hydrogens is 352 g/mol. The fourth-order valence-corrected chi connectivity index (χ4v) is 8.00. The highest BCUT2D eigenvalue weighted by Gasteiger charge is 2.43. The van der Waals surface area contributed by atoms with E-state index in [4.69, 9.17) is 0 Å². The van der Waals surface area contributed by atoms with Crippen molar-refractivity contribution in [3.63, 3.8) is 0 Å². The monoisotopic (exact) mass is 388 g/mol. The summed E-state index contributed by atoms with van der Waals surface area (Å²) >= 11 is 0. The standard InChI is InChI=1S/C27H36Si/c1-7-8-12-15-27(24-13-10-9-11-14-24)23(6)21(4)22(5)26(27)28-25-17-19(2)16-20(3)18-25/h9-11,13-14,16-18H,7-8,12,15,28H2,1-6H3. The van der Waals surface area contributed by atoms with E-state index in [0.29, 0.717) is 0 Å². The fraction of sp³-hybridized carbons (Fsp3) is 0.407. The summed E-state index contributed by atoms with van der Waals surface area (Å²) in [7, 11) is -0.533. The van der Waals surface area contributed by atoms with Crippen LogP contribution in [-0.4, -0.2) is 9.52 Å². The van der Waals surface area contributed by atoms with Crippen molar-refractivity contribution in [2.45, 2.75) is 72.6 Å². The van der Waals surface area contributed by atoms with E-state index in [0.717, 1.165) is 0 Å². The molecule has 0 nitrogen and oxygen atoms in total. The molecule has 0 amide bonds. The average Bonchev–Trinajstić information content (AvgIpc) is 2.84. The minimum absolute atomic E-state index is 0.120. The molecule has 3 rings (SSSR count). The predicted molar refractivity (Wildman–Crippen MR) is 127 cm³/mol.